The highest BCUT2D eigenvalue weighted by Gasteiger charge is 2.24. The van der Waals surface area contributed by atoms with E-state index in [2.05, 4.69) is 29.6 Å². The summed E-state index contributed by atoms with van der Waals surface area (Å²) >= 11 is 0. The van der Waals surface area contributed by atoms with Crippen LogP contribution in [0.4, 0.5) is 4.79 Å². The van der Waals surface area contributed by atoms with Crippen molar-refractivity contribution >= 4 is 6.03 Å². The summed E-state index contributed by atoms with van der Waals surface area (Å²) in [6.45, 7) is 2.25. The van der Waals surface area contributed by atoms with Gasteiger partial charge in [-0.1, -0.05) is 0 Å². The zero-order valence-electron chi connectivity index (χ0n) is 11.8. The van der Waals surface area contributed by atoms with E-state index < -0.39 is 0 Å². The minimum atomic E-state index is -0.363. The Labute approximate surface area is 110 Å². The van der Waals surface area contributed by atoms with E-state index in [9.17, 15) is 4.79 Å². The molecule has 1 fully saturated rings. The lowest BCUT2D eigenvalue weighted by atomic mass is 9.90. The van der Waals surface area contributed by atoms with E-state index >= 15 is 0 Å². The zero-order valence-corrected chi connectivity index (χ0v) is 11.8. The molecule has 0 heterocycles. The lowest BCUT2D eigenvalue weighted by molar-refractivity contribution is 0.180. The molecule has 0 aromatic rings. The van der Waals surface area contributed by atoms with Crippen molar-refractivity contribution in [2.45, 2.75) is 57.2 Å². The molecule has 5 heteroatoms. The summed E-state index contributed by atoms with van der Waals surface area (Å²) in [5.74, 6) is 0. The first-order chi connectivity index (χ1) is 8.49. The number of hydrogen-bond acceptors (Lipinski definition) is 3. The van der Waals surface area contributed by atoms with Crippen molar-refractivity contribution in [2.75, 3.05) is 20.6 Å². The molecular formula is C13H27N3O2. The molecule has 0 aliphatic heterocycles. The average molecular weight is 257 g/mol. The van der Waals surface area contributed by atoms with E-state index in [1.54, 1.807) is 6.92 Å². The summed E-state index contributed by atoms with van der Waals surface area (Å²) in [7, 11) is 4.19. The van der Waals surface area contributed by atoms with E-state index in [0.717, 1.165) is 12.8 Å². The fourth-order valence-corrected chi connectivity index (χ4v) is 2.40. The minimum absolute atomic E-state index is 0.111. The third kappa shape index (κ3) is 5.69. The van der Waals surface area contributed by atoms with E-state index in [0.29, 0.717) is 19.0 Å². The first-order valence-corrected chi connectivity index (χ1v) is 6.88. The molecule has 0 radical (unpaired) electrons. The standard InChI is InChI=1S/C13H27N3O2/c1-10(17)7-8-14-13(18)15-11-5-4-6-12(9-11)16(2)3/h10-12,17H,4-9H2,1-3H3,(H2,14,15,18). The van der Waals surface area contributed by atoms with Crippen LogP contribution >= 0.6 is 0 Å². The fraction of sp³-hybridized carbons (Fsp3) is 0.923. The van der Waals surface area contributed by atoms with Gasteiger partial charge in [0.1, 0.15) is 0 Å². The highest BCUT2D eigenvalue weighted by Crippen LogP contribution is 2.21. The van der Waals surface area contributed by atoms with E-state index in [4.69, 9.17) is 5.11 Å². The first-order valence-electron chi connectivity index (χ1n) is 6.88. The van der Waals surface area contributed by atoms with Crippen molar-refractivity contribution in [1.82, 2.24) is 15.5 Å². The van der Waals surface area contributed by atoms with Gasteiger partial charge in [-0.05, 0) is 53.1 Å². The summed E-state index contributed by atoms with van der Waals surface area (Å²) < 4.78 is 0. The highest BCUT2D eigenvalue weighted by atomic mass is 16.3. The summed E-state index contributed by atoms with van der Waals surface area (Å²) in [5, 5.41) is 14.9. The number of aliphatic hydroxyl groups is 1. The van der Waals surface area contributed by atoms with Crippen molar-refractivity contribution in [1.29, 1.82) is 0 Å². The molecule has 1 saturated carbocycles. The van der Waals surface area contributed by atoms with Gasteiger partial charge in [-0.2, -0.15) is 0 Å². The van der Waals surface area contributed by atoms with Crippen molar-refractivity contribution in [3.05, 3.63) is 0 Å². The molecule has 1 aliphatic carbocycles. The lowest BCUT2D eigenvalue weighted by Crippen LogP contribution is -2.47. The summed E-state index contributed by atoms with van der Waals surface area (Å²) in [6.07, 6.45) is 4.71. The third-order valence-corrected chi connectivity index (χ3v) is 3.56. The van der Waals surface area contributed by atoms with Crippen molar-refractivity contribution in [3.63, 3.8) is 0 Å². The molecule has 0 spiro atoms. The van der Waals surface area contributed by atoms with Crippen LogP contribution in [0.5, 0.6) is 0 Å². The normalized spacial score (nSPS) is 25.8. The van der Waals surface area contributed by atoms with Gasteiger partial charge in [0, 0.05) is 18.6 Å². The Bertz CT molecular complexity index is 257. The smallest absolute Gasteiger partial charge is 0.315 e. The van der Waals surface area contributed by atoms with Crippen LogP contribution in [0.15, 0.2) is 0 Å². The van der Waals surface area contributed by atoms with Gasteiger partial charge in [0.2, 0.25) is 0 Å². The number of carbonyl (C=O) groups is 1. The SMILES string of the molecule is CC(O)CCNC(=O)NC1CCCC(N(C)C)C1. The predicted octanol–water partition coefficient (Wildman–Crippen LogP) is 0.929. The quantitative estimate of drug-likeness (QED) is 0.686. The number of urea groups is 1. The Morgan fingerprint density at radius 1 is 1.44 bits per heavy atom. The van der Waals surface area contributed by atoms with Crippen LogP contribution in [-0.4, -0.2) is 54.9 Å². The van der Waals surface area contributed by atoms with Crippen LogP contribution in [0.2, 0.25) is 0 Å². The van der Waals surface area contributed by atoms with Crippen molar-refractivity contribution in [2.24, 2.45) is 0 Å². The zero-order chi connectivity index (χ0) is 13.5. The molecule has 1 rings (SSSR count). The Hall–Kier alpha value is -0.810. The molecule has 0 saturated heterocycles. The van der Waals surface area contributed by atoms with Crippen LogP contribution in [0.25, 0.3) is 0 Å². The first kappa shape index (κ1) is 15.2. The molecule has 3 atom stereocenters. The van der Waals surface area contributed by atoms with Gasteiger partial charge in [0.05, 0.1) is 6.10 Å². The van der Waals surface area contributed by atoms with Crippen LogP contribution < -0.4 is 10.6 Å². The maximum absolute atomic E-state index is 11.7. The molecule has 5 nitrogen and oxygen atoms in total. The van der Waals surface area contributed by atoms with Crippen LogP contribution in [-0.2, 0) is 0 Å². The number of rotatable bonds is 5. The van der Waals surface area contributed by atoms with Crippen LogP contribution in [0, 0.1) is 0 Å². The topological polar surface area (TPSA) is 64.6 Å². The molecule has 106 valence electrons. The number of amides is 2. The van der Waals surface area contributed by atoms with E-state index in [-0.39, 0.29) is 18.2 Å². The molecular weight excluding hydrogens is 230 g/mol. The van der Waals surface area contributed by atoms with Gasteiger partial charge in [0.15, 0.2) is 0 Å². The van der Waals surface area contributed by atoms with Crippen molar-refractivity contribution in [3.8, 4) is 0 Å². The molecule has 0 aromatic heterocycles. The van der Waals surface area contributed by atoms with Gasteiger partial charge < -0.3 is 20.6 Å². The molecule has 0 aromatic carbocycles. The molecule has 3 N–H and O–H groups in total. The lowest BCUT2D eigenvalue weighted by Gasteiger charge is -2.33. The Morgan fingerprint density at radius 2 is 2.17 bits per heavy atom. The van der Waals surface area contributed by atoms with E-state index in [1.165, 1.54) is 12.8 Å². The van der Waals surface area contributed by atoms with Crippen LogP contribution in [0.3, 0.4) is 0 Å². The largest absolute Gasteiger partial charge is 0.393 e. The van der Waals surface area contributed by atoms with Gasteiger partial charge in [0.25, 0.3) is 0 Å². The predicted molar refractivity (Wildman–Crippen MR) is 72.6 cm³/mol. The maximum Gasteiger partial charge on any atom is 0.315 e. The second kappa shape index (κ2) is 7.59. The third-order valence-electron chi connectivity index (χ3n) is 3.56. The average Bonchev–Trinajstić information content (AvgIpc) is 2.28. The van der Waals surface area contributed by atoms with Gasteiger partial charge in [-0.25, -0.2) is 4.79 Å². The molecule has 3 unspecified atom stereocenters. The number of hydrogen-bond donors (Lipinski definition) is 3. The number of aliphatic hydroxyl groups excluding tert-OH is 1. The van der Waals surface area contributed by atoms with Gasteiger partial charge in [-0.3, -0.25) is 0 Å². The molecule has 1 aliphatic rings. The van der Waals surface area contributed by atoms with Gasteiger partial charge in [-0.15, -0.1) is 0 Å². The van der Waals surface area contributed by atoms with Crippen LogP contribution in [0.1, 0.15) is 39.0 Å². The minimum Gasteiger partial charge on any atom is -0.393 e. The van der Waals surface area contributed by atoms with E-state index in [1.807, 2.05) is 0 Å². The second-order valence-corrected chi connectivity index (χ2v) is 5.52. The molecule has 0 bridgehead atoms. The number of carbonyl (C=O) groups excluding carboxylic acids is 1. The van der Waals surface area contributed by atoms with Crippen molar-refractivity contribution < 1.29 is 9.90 Å². The summed E-state index contributed by atoms with van der Waals surface area (Å²) in [5.41, 5.74) is 0. The summed E-state index contributed by atoms with van der Waals surface area (Å²) in [6, 6.07) is 0.735. The number of nitrogens with zero attached hydrogens (tertiary/aromatic N) is 1. The maximum atomic E-state index is 11.7. The molecule has 2 amide bonds. The Balaban J connectivity index is 2.22. The van der Waals surface area contributed by atoms with Gasteiger partial charge >= 0.3 is 6.03 Å². The fourth-order valence-electron chi connectivity index (χ4n) is 2.40. The Kier molecular flexibility index (Phi) is 6.43. The Morgan fingerprint density at radius 3 is 2.78 bits per heavy atom. The second-order valence-electron chi connectivity index (χ2n) is 5.52. The highest BCUT2D eigenvalue weighted by molar-refractivity contribution is 5.74. The molecule has 18 heavy (non-hydrogen) atoms. The monoisotopic (exact) mass is 257 g/mol. The number of nitrogens with one attached hydrogen (secondary N) is 2. The summed E-state index contributed by atoms with van der Waals surface area (Å²) in [4.78, 5) is 13.9.